The number of aliphatic hydroxyl groups is 3. The molecule has 4 aliphatic rings. The van der Waals surface area contributed by atoms with Gasteiger partial charge in [-0.3, -0.25) is 14.4 Å². The highest BCUT2D eigenvalue weighted by molar-refractivity contribution is 5.92. The van der Waals surface area contributed by atoms with Crippen molar-refractivity contribution in [1.29, 1.82) is 0 Å². The van der Waals surface area contributed by atoms with Crippen LogP contribution in [0.15, 0.2) is 11.6 Å². The van der Waals surface area contributed by atoms with E-state index in [-0.39, 0.29) is 54.1 Å². The minimum atomic E-state index is -1.66. The van der Waals surface area contributed by atoms with Crippen molar-refractivity contribution < 1.29 is 34.8 Å². The van der Waals surface area contributed by atoms with Crippen LogP contribution in [-0.2, 0) is 14.4 Å². The molecule has 0 aromatic heterocycles. The molecule has 0 amide bonds. The van der Waals surface area contributed by atoms with E-state index in [0.717, 1.165) is 5.57 Å². The number of Topliss-reactive ketones (excluding diaryl/α,β-unsaturated/α-hetero) is 1. The highest BCUT2D eigenvalue weighted by Gasteiger charge is 2.69. The lowest BCUT2D eigenvalue weighted by atomic mass is 9.43. The Morgan fingerprint density at radius 2 is 1.94 bits per heavy atom. The summed E-state index contributed by atoms with van der Waals surface area (Å²) in [6.45, 7) is 3.30. The molecule has 7 nitrogen and oxygen atoms in total. The predicted molar refractivity (Wildman–Crippen MR) is 116 cm³/mol. The predicted octanol–water partition coefficient (Wildman–Crippen LogP) is 2.26. The second-order valence-corrected chi connectivity index (χ2v) is 11.2. The first kappa shape index (κ1) is 23.6. The number of ketones is 2. The third kappa shape index (κ3) is 3.31. The molecule has 0 radical (unpaired) electrons. The summed E-state index contributed by atoms with van der Waals surface area (Å²) < 4.78 is 0. The van der Waals surface area contributed by atoms with Gasteiger partial charge in [0.25, 0.3) is 0 Å². The molecule has 3 saturated carbocycles. The van der Waals surface area contributed by atoms with Crippen molar-refractivity contribution in [3.8, 4) is 0 Å². The van der Waals surface area contributed by atoms with Crippen LogP contribution < -0.4 is 0 Å². The van der Waals surface area contributed by atoms with E-state index >= 15 is 0 Å². The molecule has 0 aromatic rings. The van der Waals surface area contributed by atoms with Crippen LogP contribution in [0.1, 0.15) is 71.6 Å². The number of carbonyl (C=O) groups is 3. The second kappa shape index (κ2) is 8.03. The van der Waals surface area contributed by atoms with Crippen LogP contribution in [0.2, 0.25) is 0 Å². The number of aliphatic carboxylic acids is 1. The topological polar surface area (TPSA) is 132 Å². The van der Waals surface area contributed by atoms with Gasteiger partial charge in [-0.15, -0.1) is 0 Å². The van der Waals surface area contributed by atoms with Crippen molar-refractivity contribution >= 4 is 17.5 Å². The average molecular weight is 449 g/mol. The molecule has 0 spiro atoms. The summed E-state index contributed by atoms with van der Waals surface area (Å²) >= 11 is 0. The standard InChI is InChI=1S/C25H36O7/c1-23-8-6-16(27)11-15(23)10-14(4-3-5-20(30)31)21-17-7-9-25(32,19(29)13-26)24(17,2)12-18(28)22(21)23/h11,14,17-18,21-22,26,28,32H,3-10,12-13H2,1-2H3,(H,30,31)/t14?,17-,18-,21-,22-,23-,24-,25-/m0/s1. The number of carbonyl (C=O) groups excluding carboxylic acids is 2. The Balaban J connectivity index is 1.76. The monoisotopic (exact) mass is 448 g/mol. The number of allylic oxidation sites excluding steroid dienone is 1. The lowest BCUT2D eigenvalue weighted by Gasteiger charge is -2.62. The second-order valence-electron chi connectivity index (χ2n) is 11.2. The van der Waals surface area contributed by atoms with Gasteiger partial charge >= 0.3 is 5.97 Å². The summed E-state index contributed by atoms with van der Waals surface area (Å²) in [6.07, 6.45) is 5.26. The summed E-state index contributed by atoms with van der Waals surface area (Å²) in [6, 6.07) is 0. The van der Waals surface area contributed by atoms with Gasteiger partial charge in [-0.2, -0.15) is 0 Å². The molecule has 4 N–H and O–H groups in total. The Labute approximate surface area is 188 Å². The molecule has 4 aliphatic carbocycles. The van der Waals surface area contributed by atoms with Gasteiger partial charge in [-0.1, -0.05) is 19.4 Å². The van der Waals surface area contributed by atoms with Crippen LogP contribution in [0, 0.1) is 34.5 Å². The fraction of sp³-hybridized carbons (Fsp3) is 0.800. The van der Waals surface area contributed by atoms with Crippen molar-refractivity contribution in [2.24, 2.45) is 34.5 Å². The quantitative estimate of drug-likeness (QED) is 0.490. The maximum atomic E-state index is 12.6. The summed E-state index contributed by atoms with van der Waals surface area (Å²) in [5, 5.41) is 41.6. The smallest absolute Gasteiger partial charge is 0.303 e. The van der Waals surface area contributed by atoms with Crippen molar-refractivity contribution in [2.75, 3.05) is 6.61 Å². The molecular weight excluding hydrogens is 412 g/mol. The zero-order chi connectivity index (χ0) is 23.5. The van der Waals surface area contributed by atoms with Crippen LogP contribution in [0.4, 0.5) is 0 Å². The van der Waals surface area contributed by atoms with Gasteiger partial charge in [0.05, 0.1) is 6.10 Å². The third-order valence-electron chi connectivity index (χ3n) is 9.80. The molecule has 0 aliphatic heterocycles. The van der Waals surface area contributed by atoms with E-state index in [1.165, 1.54) is 0 Å². The normalized spacial score (nSPS) is 45.5. The highest BCUT2D eigenvalue weighted by Crippen LogP contribution is 2.69. The molecule has 0 bridgehead atoms. The van der Waals surface area contributed by atoms with Crippen molar-refractivity contribution in [1.82, 2.24) is 0 Å². The molecule has 3 fully saturated rings. The maximum absolute atomic E-state index is 12.6. The largest absolute Gasteiger partial charge is 0.481 e. The van der Waals surface area contributed by atoms with Crippen LogP contribution in [0.5, 0.6) is 0 Å². The van der Waals surface area contributed by atoms with Crippen LogP contribution in [0.3, 0.4) is 0 Å². The van der Waals surface area contributed by atoms with Gasteiger partial charge in [0.15, 0.2) is 11.6 Å². The summed E-state index contributed by atoms with van der Waals surface area (Å²) in [5.74, 6) is -1.33. The van der Waals surface area contributed by atoms with E-state index < -0.39 is 35.5 Å². The number of fused-ring (bicyclic) bond motifs is 5. The van der Waals surface area contributed by atoms with Gasteiger partial charge in [0, 0.05) is 18.3 Å². The minimum Gasteiger partial charge on any atom is -0.481 e. The fourth-order valence-corrected chi connectivity index (χ4v) is 8.22. The zero-order valence-corrected chi connectivity index (χ0v) is 19.0. The van der Waals surface area contributed by atoms with Crippen LogP contribution in [-0.4, -0.2) is 56.3 Å². The molecule has 32 heavy (non-hydrogen) atoms. The maximum Gasteiger partial charge on any atom is 0.303 e. The lowest BCUT2D eigenvalue weighted by Crippen LogP contribution is -2.63. The summed E-state index contributed by atoms with van der Waals surface area (Å²) in [7, 11) is 0. The summed E-state index contributed by atoms with van der Waals surface area (Å²) in [4.78, 5) is 36.0. The van der Waals surface area contributed by atoms with Crippen molar-refractivity contribution in [2.45, 2.75) is 83.3 Å². The number of carboxylic acid groups (broad SMARTS) is 1. The van der Waals surface area contributed by atoms with Gasteiger partial charge < -0.3 is 20.4 Å². The molecule has 8 atom stereocenters. The first-order valence-corrected chi connectivity index (χ1v) is 12.0. The molecule has 0 heterocycles. The Morgan fingerprint density at radius 3 is 2.59 bits per heavy atom. The molecule has 0 saturated heterocycles. The van der Waals surface area contributed by atoms with Crippen LogP contribution >= 0.6 is 0 Å². The third-order valence-corrected chi connectivity index (χ3v) is 9.80. The zero-order valence-electron chi connectivity index (χ0n) is 19.0. The van der Waals surface area contributed by atoms with Gasteiger partial charge in [0.1, 0.15) is 12.2 Å². The van der Waals surface area contributed by atoms with Gasteiger partial charge in [-0.05, 0) is 80.1 Å². The Hall–Kier alpha value is -1.57. The molecule has 178 valence electrons. The molecule has 1 unspecified atom stereocenters. The van der Waals surface area contributed by atoms with E-state index in [0.29, 0.717) is 38.5 Å². The van der Waals surface area contributed by atoms with Crippen molar-refractivity contribution in [3.63, 3.8) is 0 Å². The number of rotatable bonds is 6. The van der Waals surface area contributed by atoms with Crippen molar-refractivity contribution in [3.05, 3.63) is 11.6 Å². The Kier molecular flexibility index (Phi) is 5.92. The Morgan fingerprint density at radius 1 is 1.22 bits per heavy atom. The van der Waals surface area contributed by atoms with E-state index in [4.69, 9.17) is 5.11 Å². The van der Waals surface area contributed by atoms with E-state index in [2.05, 4.69) is 6.92 Å². The molecular formula is C25H36O7. The Bertz CT molecular complexity index is 849. The average Bonchev–Trinajstić information content (AvgIpc) is 2.99. The van der Waals surface area contributed by atoms with E-state index in [1.54, 1.807) is 6.08 Å². The summed E-state index contributed by atoms with van der Waals surface area (Å²) in [5.41, 5.74) is -1.76. The lowest BCUT2D eigenvalue weighted by molar-refractivity contribution is -0.190. The van der Waals surface area contributed by atoms with E-state index in [1.807, 2.05) is 6.92 Å². The SMILES string of the molecule is C[C@]12CCC(=O)C=C1CC(CCCC(=O)O)[C@@H]1[C@@H]2[C@@H](O)C[C@@]2(C)[C@H]1CC[C@]2(O)C(=O)CO. The molecule has 4 rings (SSSR count). The number of aliphatic hydroxyl groups excluding tert-OH is 2. The highest BCUT2D eigenvalue weighted by atomic mass is 16.4. The minimum absolute atomic E-state index is 0.0118. The number of carboxylic acids is 1. The van der Waals surface area contributed by atoms with Gasteiger partial charge in [0.2, 0.25) is 0 Å². The first-order chi connectivity index (χ1) is 15.0. The first-order valence-electron chi connectivity index (χ1n) is 12.0. The van der Waals surface area contributed by atoms with Gasteiger partial charge in [-0.25, -0.2) is 0 Å². The molecule has 7 heteroatoms. The van der Waals surface area contributed by atoms with E-state index in [9.17, 15) is 29.7 Å². The number of hydrogen-bond acceptors (Lipinski definition) is 6. The molecule has 0 aromatic carbocycles. The fourth-order valence-electron chi connectivity index (χ4n) is 8.22. The number of hydrogen-bond donors (Lipinski definition) is 4. The van der Waals surface area contributed by atoms with Crippen LogP contribution in [0.25, 0.3) is 0 Å².